The molecule has 2 aromatic rings. The van der Waals surface area contributed by atoms with Gasteiger partial charge in [-0.05, 0) is 23.3 Å². The number of carbonyl (C=O) groups excluding carboxylic acids is 6. The van der Waals surface area contributed by atoms with E-state index in [4.69, 9.17) is 18.9 Å². The molecule has 4 bridgehead atoms. The zero-order chi connectivity index (χ0) is 34.5. The Morgan fingerprint density at radius 2 is 0.833 bits per heavy atom. The van der Waals surface area contributed by atoms with Crippen LogP contribution in [0.3, 0.4) is 0 Å². The van der Waals surface area contributed by atoms with E-state index >= 15 is 0 Å². The van der Waals surface area contributed by atoms with E-state index in [9.17, 15) is 28.8 Å². The summed E-state index contributed by atoms with van der Waals surface area (Å²) < 4.78 is 19.5. The first-order valence-electron chi connectivity index (χ1n) is 15.5. The molecule has 2 saturated heterocycles. The van der Waals surface area contributed by atoms with Crippen LogP contribution >= 0.6 is 0 Å². The molecule has 252 valence electrons. The molecule has 0 amide bonds. The second-order valence-corrected chi connectivity index (χ2v) is 11.9. The van der Waals surface area contributed by atoms with Gasteiger partial charge in [-0.2, -0.15) is 0 Å². The number of esters is 4. The van der Waals surface area contributed by atoms with Crippen LogP contribution in [-0.4, -0.2) is 97.9 Å². The quantitative estimate of drug-likeness (QED) is 0.302. The number of rotatable bonds is 8. The van der Waals surface area contributed by atoms with Crippen LogP contribution in [0.25, 0.3) is 0 Å². The minimum atomic E-state index is -0.862. The average Bonchev–Trinajstić information content (AvgIpc) is 3.48. The number of hydrogen-bond donors (Lipinski definition) is 0. The van der Waals surface area contributed by atoms with Gasteiger partial charge in [0.05, 0.1) is 64.2 Å². The van der Waals surface area contributed by atoms with Crippen molar-refractivity contribution in [2.45, 2.75) is 37.3 Å². The Morgan fingerprint density at radius 3 is 1.15 bits per heavy atom. The Kier molecular flexibility index (Phi) is 10.7. The highest BCUT2D eigenvalue weighted by Gasteiger charge is 2.60. The minimum Gasteiger partial charge on any atom is -0.469 e. The van der Waals surface area contributed by atoms with E-state index in [2.05, 4.69) is 0 Å². The van der Waals surface area contributed by atoms with Crippen LogP contribution in [0.2, 0.25) is 0 Å². The lowest BCUT2D eigenvalue weighted by molar-refractivity contribution is -0.157. The van der Waals surface area contributed by atoms with E-state index < -0.39 is 59.6 Å². The van der Waals surface area contributed by atoms with E-state index in [-0.39, 0.29) is 23.7 Å². The van der Waals surface area contributed by atoms with Crippen LogP contribution in [0.5, 0.6) is 0 Å². The predicted octanol–water partition coefficient (Wildman–Crippen LogP) is 1.91. The molecule has 8 atom stereocenters. The second kappa shape index (κ2) is 14.9. The van der Waals surface area contributed by atoms with Crippen LogP contribution in [0, 0.1) is 23.7 Å². The number of fused-ring (bicyclic) bond motifs is 4. The molecule has 2 aromatic carbocycles. The van der Waals surface area contributed by atoms with E-state index in [1.807, 2.05) is 70.5 Å². The summed E-state index contributed by atoms with van der Waals surface area (Å²) in [5, 5.41) is 0. The highest BCUT2D eigenvalue weighted by molar-refractivity contribution is 6.02. The largest absolute Gasteiger partial charge is 0.469 e. The molecule has 4 aliphatic heterocycles. The van der Waals surface area contributed by atoms with Crippen molar-refractivity contribution in [3.05, 3.63) is 96.1 Å². The lowest BCUT2D eigenvalue weighted by Crippen LogP contribution is -2.45. The zero-order valence-electron chi connectivity index (χ0n) is 27.1. The molecule has 0 aromatic heterocycles. The van der Waals surface area contributed by atoms with Crippen LogP contribution < -0.4 is 0 Å². The molecule has 48 heavy (non-hydrogen) atoms. The summed E-state index contributed by atoms with van der Waals surface area (Å²) in [4.78, 5) is 77.9. The molecule has 4 heterocycles. The maximum absolute atomic E-state index is 12.5. The van der Waals surface area contributed by atoms with E-state index in [0.717, 1.165) is 11.1 Å². The fourth-order valence-electron chi connectivity index (χ4n) is 7.40. The Bertz CT molecular complexity index is 1490. The predicted molar refractivity (Wildman–Crippen MR) is 169 cm³/mol. The van der Waals surface area contributed by atoms with Gasteiger partial charge in [0.25, 0.3) is 0 Å². The molecular formula is C36H38N2O10. The molecule has 2 fully saturated rings. The number of nitrogens with zero attached hydrogens (tertiary/aromatic N) is 2. The lowest BCUT2D eigenvalue weighted by Gasteiger charge is -2.31. The van der Waals surface area contributed by atoms with Gasteiger partial charge in [-0.25, -0.2) is 0 Å². The van der Waals surface area contributed by atoms with E-state index in [0.29, 0.717) is 13.1 Å². The first-order valence-corrected chi connectivity index (χ1v) is 15.5. The number of carbonyl (C=O) groups is 6. The second-order valence-electron chi connectivity index (χ2n) is 11.9. The smallest absolute Gasteiger partial charge is 0.311 e. The molecule has 0 spiro atoms. The normalized spacial score (nSPS) is 28.7. The van der Waals surface area contributed by atoms with Gasteiger partial charge in [-0.15, -0.1) is 0 Å². The first kappa shape index (κ1) is 34.4. The van der Waals surface area contributed by atoms with Crippen molar-refractivity contribution in [3.8, 4) is 0 Å². The highest BCUT2D eigenvalue weighted by Crippen LogP contribution is 2.43. The fraction of sp³-hybridized carbons (Fsp3) is 0.389. The van der Waals surface area contributed by atoms with Crippen LogP contribution in [0.1, 0.15) is 11.1 Å². The molecule has 6 rings (SSSR count). The van der Waals surface area contributed by atoms with Gasteiger partial charge >= 0.3 is 23.9 Å². The van der Waals surface area contributed by atoms with Gasteiger partial charge in [-0.1, -0.05) is 72.8 Å². The molecule has 4 aliphatic rings. The summed E-state index contributed by atoms with van der Waals surface area (Å²) in [5.41, 5.74) is 2.01. The number of methoxy groups -OCH3 is 4. The standard InChI is InChI=1S/2C18H19NO5/c2*1-23-17(21)14-12-8-9-13(20)16(15(14)18(22)24-2)19(12)10-11-6-4-3-5-7-11/h2*3-9,12,14-16H,10H2,1-2H3/t2*12-,14-,15-,16+/m10/s1. The number of benzene rings is 2. The molecule has 12 heteroatoms. The van der Waals surface area contributed by atoms with Crippen molar-refractivity contribution < 1.29 is 47.7 Å². The SMILES string of the molecule is COC(=O)[C@@H]1[C@H](C(=O)OC)[C@H]2C(=O)C=C[C@@H]1N2Cc1ccccc1.COC(=O)[C@@H]1[C@H](C(=O)OC)[C@H]2C=CC(=O)[C@@H]1N2Cc1ccccc1. The summed E-state index contributed by atoms with van der Waals surface area (Å²) in [7, 11) is 5.09. The third kappa shape index (κ3) is 6.45. The molecule has 0 saturated carbocycles. The number of hydrogen-bond acceptors (Lipinski definition) is 12. The van der Waals surface area contributed by atoms with Crippen molar-refractivity contribution in [2.75, 3.05) is 28.4 Å². The molecule has 0 radical (unpaired) electrons. The van der Waals surface area contributed by atoms with E-state index in [1.165, 1.54) is 40.6 Å². The minimum absolute atomic E-state index is 0.191. The van der Waals surface area contributed by atoms with Crippen molar-refractivity contribution in [1.82, 2.24) is 9.80 Å². The third-order valence-electron chi connectivity index (χ3n) is 9.48. The molecule has 0 unspecified atom stereocenters. The average molecular weight is 659 g/mol. The summed E-state index contributed by atoms with van der Waals surface area (Å²) >= 11 is 0. The van der Waals surface area contributed by atoms with Crippen LogP contribution in [0.15, 0.2) is 85.0 Å². The number of ketones is 2. The Labute approximate surface area is 278 Å². The summed E-state index contributed by atoms with van der Waals surface area (Å²) in [5.74, 6) is -5.74. The highest BCUT2D eigenvalue weighted by atomic mass is 16.5. The summed E-state index contributed by atoms with van der Waals surface area (Å²) in [6.45, 7) is 0.931. The Balaban J connectivity index is 0.000000188. The van der Waals surface area contributed by atoms with Crippen LogP contribution in [-0.2, 0) is 60.8 Å². The van der Waals surface area contributed by atoms with Crippen LogP contribution in [0.4, 0.5) is 0 Å². The third-order valence-corrected chi connectivity index (χ3v) is 9.48. The maximum atomic E-state index is 12.5. The summed E-state index contributed by atoms with van der Waals surface area (Å²) in [6.07, 6.45) is 6.28. The first-order chi connectivity index (χ1) is 23.2. The van der Waals surface area contributed by atoms with E-state index in [1.54, 1.807) is 12.2 Å². The van der Waals surface area contributed by atoms with Gasteiger partial charge in [0.1, 0.15) is 0 Å². The van der Waals surface area contributed by atoms with Crippen molar-refractivity contribution >= 4 is 35.4 Å². The Hall–Kier alpha value is -4.94. The Morgan fingerprint density at radius 1 is 0.521 bits per heavy atom. The van der Waals surface area contributed by atoms with Gasteiger partial charge in [-0.3, -0.25) is 38.6 Å². The van der Waals surface area contributed by atoms with Crippen molar-refractivity contribution in [3.63, 3.8) is 0 Å². The number of ether oxygens (including phenoxy) is 4. The van der Waals surface area contributed by atoms with Crippen molar-refractivity contribution in [1.29, 1.82) is 0 Å². The van der Waals surface area contributed by atoms with Gasteiger partial charge in [0.2, 0.25) is 0 Å². The van der Waals surface area contributed by atoms with Gasteiger partial charge in [0, 0.05) is 25.2 Å². The molecular weight excluding hydrogens is 620 g/mol. The molecule has 0 aliphatic carbocycles. The maximum Gasteiger partial charge on any atom is 0.311 e. The lowest BCUT2D eigenvalue weighted by atomic mass is 9.87. The zero-order valence-corrected chi connectivity index (χ0v) is 27.1. The molecule has 0 N–H and O–H groups in total. The monoisotopic (exact) mass is 658 g/mol. The summed E-state index contributed by atoms with van der Waals surface area (Å²) in [6, 6.07) is 17.1. The fourth-order valence-corrected chi connectivity index (χ4v) is 7.40. The molecule has 12 nitrogen and oxygen atoms in total. The van der Waals surface area contributed by atoms with Crippen molar-refractivity contribution in [2.24, 2.45) is 23.7 Å². The van der Waals surface area contributed by atoms with Gasteiger partial charge < -0.3 is 18.9 Å². The topological polar surface area (TPSA) is 146 Å². The van der Waals surface area contributed by atoms with Gasteiger partial charge in [0.15, 0.2) is 11.6 Å².